The fraction of sp³-hybridized carbons (Fsp3) is 0.500. The summed E-state index contributed by atoms with van der Waals surface area (Å²) in [5.41, 5.74) is 1.07. The zero-order valence-electron chi connectivity index (χ0n) is 13.0. The average Bonchev–Trinajstić information content (AvgIpc) is 3.07. The van der Waals surface area contributed by atoms with Gasteiger partial charge in [0.05, 0.1) is 0 Å². The quantitative estimate of drug-likeness (QED) is 0.491. The third-order valence-electron chi connectivity index (χ3n) is 4.75. The number of carbonyl (C=O) groups excluding carboxylic acids is 1. The van der Waals surface area contributed by atoms with E-state index in [4.69, 9.17) is 0 Å². The van der Waals surface area contributed by atoms with Gasteiger partial charge in [-0.2, -0.15) is 0 Å². The summed E-state index contributed by atoms with van der Waals surface area (Å²) in [5, 5.41) is 1.49. The molecule has 120 valence electrons. The van der Waals surface area contributed by atoms with E-state index in [2.05, 4.69) is 9.97 Å². The number of β-lactam (4-membered cyclic amide) rings is 1. The van der Waals surface area contributed by atoms with Gasteiger partial charge in [0.15, 0.2) is 5.16 Å². The number of aromatic nitrogens is 3. The summed E-state index contributed by atoms with van der Waals surface area (Å²) in [5.74, 6) is 0.0149. The number of anilines is 1. The molecule has 0 bridgehead atoms. The minimum absolute atomic E-state index is 0.0149. The van der Waals surface area contributed by atoms with Crippen LogP contribution in [-0.4, -0.2) is 33.2 Å². The second kappa shape index (κ2) is 5.63. The van der Waals surface area contributed by atoms with Gasteiger partial charge in [-0.05, 0) is 25.2 Å². The van der Waals surface area contributed by atoms with Gasteiger partial charge in [0.1, 0.15) is 11.3 Å². The van der Waals surface area contributed by atoms with Gasteiger partial charge >= 0.3 is 0 Å². The molecule has 3 heterocycles. The van der Waals surface area contributed by atoms with Crippen LogP contribution in [0.4, 0.5) is 5.69 Å². The van der Waals surface area contributed by atoms with Crippen molar-refractivity contribution in [1.82, 2.24) is 14.5 Å². The van der Waals surface area contributed by atoms with Crippen LogP contribution in [0.15, 0.2) is 22.2 Å². The molecule has 1 aliphatic heterocycles. The average molecular weight is 330 g/mol. The first-order chi connectivity index (χ1) is 11.2. The Bertz CT molecular complexity index is 842. The molecule has 7 heteroatoms. The van der Waals surface area contributed by atoms with Crippen LogP contribution in [0.2, 0.25) is 0 Å². The first-order valence-electron chi connectivity index (χ1n) is 7.95. The summed E-state index contributed by atoms with van der Waals surface area (Å²) in [6, 6.07) is 1.94. The van der Waals surface area contributed by atoms with Crippen LogP contribution in [0.5, 0.6) is 0 Å². The molecule has 0 spiro atoms. The maximum atomic E-state index is 13.1. The molecule has 6 nitrogen and oxygen atoms in total. The number of amides is 1. The van der Waals surface area contributed by atoms with E-state index in [1.165, 1.54) is 11.8 Å². The molecule has 0 aromatic carbocycles. The monoisotopic (exact) mass is 330 g/mol. The van der Waals surface area contributed by atoms with Crippen molar-refractivity contribution >= 4 is 34.4 Å². The van der Waals surface area contributed by atoms with Gasteiger partial charge in [0.2, 0.25) is 5.91 Å². The zero-order chi connectivity index (χ0) is 16.0. The highest BCUT2D eigenvalue weighted by Crippen LogP contribution is 2.32. The molecule has 2 aromatic rings. The van der Waals surface area contributed by atoms with Crippen molar-refractivity contribution in [2.24, 2.45) is 0 Å². The summed E-state index contributed by atoms with van der Waals surface area (Å²) < 4.78 is 1.81. The molecule has 4 rings (SSSR count). The lowest BCUT2D eigenvalue weighted by molar-refractivity contribution is -0.122. The van der Waals surface area contributed by atoms with Gasteiger partial charge in [-0.3, -0.25) is 14.2 Å². The molecule has 0 N–H and O–H groups in total. The number of carbonyl (C=O) groups is 1. The Balaban J connectivity index is 1.97. The SMILES string of the molecule is CSc1ncc2cc(N3CCC3=O)c(=O)n(C3CCCC3)c2n1. The van der Waals surface area contributed by atoms with E-state index in [1.54, 1.807) is 17.2 Å². The van der Waals surface area contributed by atoms with Gasteiger partial charge in [-0.1, -0.05) is 24.6 Å². The molecule has 2 aromatic heterocycles. The number of hydrogen-bond donors (Lipinski definition) is 0. The molecule has 1 aliphatic carbocycles. The lowest BCUT2D eigenvalue weighted by atomic mass is 10.1. The lowest BCUT2D eigenvalue weighted by Crippen LogP contribution is -2.47. The Hall–Kier alpha value is -1.89. The summed E-state index contributed by atoms with van der Waals surface area (Å²) in [7, 11) is 0. The van der Waals surface area contributed by atoms with E-state index >= 15 is 0 Å². The standard InChI is InChI=1S/C16H18N4O2S/c1-23-16-17-9-10-8-12(19-7-6-13(19)21)15(22)20(14(10)18-16)11-4-2-3-5-11/h8-9,11H,2-7H2,1H3. The van der Waals surface area contributed by atoms with Crippen LogP contribution in [0.1, 0.15) is 38.1 Å². The van der Waals surface area contributed by atoms with Gasteiger partial charge < -0.3 is 4.90 Å². The zero-order valence-corrected chi connectivity index (χ0v) is 13.8. The summed E-state index contributed by atoms with van der Waals surface area (Å²) in [6.07, 6.45) is 8.44. The molecule has 0 unspecified atom stereocenters. The van der Waals surface area contributed by atoms with E-state index in [0.29, 0.717) is 29.5 Å². The van der Waals surface area contributed by atoms with Gasteiger partial charge in [-0.25, -0.2) is 9.97 Å². The Morgan fingerprint density at radius 1 is 1.26 bits per heavy atom. The van der Waals surface area contributed by atoms with E-state index < -0.39 is 0 Å². The number of fused-ring (bicyclic) bond motifs is 1. The molecule has 1 saturated heterocycles. The number of rotatable bonds is 3. The Kier molecular flexibility index (Phi) is 3.60. The van der Waals surface area contributed by atoms with Crippen LogP contribution in [0, 0.1) is 0 Å². The summed E-state index contributed by atoms with van der Waals surface area (Å²) >= 11 is 1.47. The fourth-order valence-electron chi connectivity index (χ4n) is 3.45. The molecule has 2 fully saturated rings. The molecular weight excluding hydrogens is 312 g/mol. The number of hydrogen-bond acceptors (Lipinski definition) is 5. The Morgan fingerprint density at radius 2 is 2.04 bits per heavy atom. The number of thioether (sulfide) groups is 1. The maximum absolute atomic E-state index is 13.1. The number of pyridine rings is 1. The third-order valence-corrected chi connectivity index (χ3v) is 5.31. The van der Waals surface area contributed by atoms with Gasteiger partial charge in [0.25, 0.3) is 5.56 Å². The topological polar surface area (TPSA) is 68.1 Å². The minimum Gasteiger partial charge on any atom is -0.307 e. The van der Waals surface area contributed by atoms with Gasteiger partial charge in [-0.15, -0.1) is 0 Å². The second-order valence-corrected chi connectivity index (χ2v) is 6.85. The molecule has 1 saturated carbocycles. The largest absolute Gasteiger partial charge is 0.307 e. The van der Waals surface area contributed by atoms with Crippen LogP contribution in [0.3, 0.4) is 0 Å². The first-order valence-corrected chi connectivity index (χ1v) is 9.18. The van der Waals surface area contributed by atoms with Crippen molar-refractivity contribution in [3.05, 3.63) is 22.6 Å². The predicted molar refractivity (Wildman–Crippen MR) is 90.1 cm³/mol. The minimum atomic E-state index is -0.0943. The van der Waals surface area contributed by atoms with Crippen LogP contribution in [-0.2, 0) is 4.79 Å². The van der Waals surface area contributed by atoms with Crippen molar-refractivity contribution in [2.75, 3.05) is 17.7 Å². The van der Waals surface area contributed by atoms with E-state index in [1.807, 2.05) is 10.8 Å². The summed E-state index contributed by atoms with van der Waals surface area (Å²) in [4.78, 5) is 35.3. The first kappa shape index (κ1) is 14.7. The van der Waals surface area contributed by atoms with Crippen molar-refractivity contribution in [2.45, 2.75) is 43.3 Å². The summed E-state index contributed by atoms with van der Waals surface area (Å²) in [6.45, 7) is 0.619. The fourth-order valence-corrected chi connectivity index (χ4v) is 3.79. The molecular formula is C16H18N4O2S. The van der Waals surface area contributed by atoms with Crippen molar-refractivity contribution in [3.8, 4) is 0 Å². The van der Waals surface area contributed by atoms with E-state index in [9.17, 15) is 9.59 Å². The number of nitrogens with zero attached hydrogens (tertiary/aromatic N) is 4. The van der Waals surface area contributed by atoms with Crippen LogP contribution < -0.4 is 10.5 Å². The highest BCUT2D eigenvalue weighted by Gasteiger charge is 2.30. The van der Waals surface area contributed by atoms with Gasteiger partial charge in [0, 0.05) is 30.6 Å². The maximum Gasteiger partial charge on any atom is 0.276 e. The van der Waals surface area contributed by atoms with Crippen molar-refractivity contribution < 1.29 is 4.79 Å². The molecule has 0 radical (unpaired) electrons. The molecule has 23 heavy (non-hydrogen) atoms. The lowest BCUT2D eigenvalue weighted by Gasteiger charge is -2.31. The normalized spacial score (nSPS) is 18.7. The second-order valence-electron chi connectivity index (χ2n) is 6.07. The molecule has 0 atom stereocenters. The third kappa shape index (κ3) is 2.34. The van der Waals surface area contributed by atoms with Crippen LogP contribution in [0.25, 0.3) is 11.0 Å². The van der Waals surface area contributed by atoms with Crippen molar-refractivity contribution in [1.29, 1.82) is 0 Å². The van der Waals surface area contributed by atoms with Crippen molar-refractivity contribution in [3.63, 3.8) is 0 Å². The van der Waals surface area contributed by atoms with E-state index in [-0.39, 0.29) is 17.5 Å². The Labute approximate surface area is 137 Å². The highest BCUT2D eigenvalue weighted by molar-refractivity contribution is 7.98. The molecule has 2 aliphatic rings. The smallest absolute Gasteiger partial charge is 0.276 e. The Morgan fingerprint density at radius 3 is 2.65 bits per heavy atom. The van der Waals surface area contributed by atoms with Crippen LogP contribution >= 0.6 is 11.8 Å². The highest BCUT2D eigenvalue weighted by atomic mass is 32.2. The van der Waals surface area contributed by atoms with E-state index in [0.717, 1.165) is 31.1 Å². The predicted octanol–water partition coefficient (Wildman–Crippen LogP) is 2.37. The molecule has 1 amide bonds.